The molecule has 24 heavy (non-hydrogen) atoms. The van der Waals surface area contributed by atoms with E-state index in [2.05, 4.69) is 0 Å². The van der Waals surface area contributed by atoms with Crippen molar-refractivity contribution in [2.45, 2.75) is 19.3 Å². The highest BCUT2D eigenvalue weighted by Gasteiger charge is 2.25. The second-order valence-electron chi connectivity index (χ2n) is 6.46. The Morgan fingerprint density at radius 1 is 1.12 bits per heavy atom. The van der Waals surface area contributed by atoms with Crippen LogP contribution in [0.2, 0.25) is 0 Å². The molecule has 0 spiro atoms. The molecule has 0 aliphatic carbocycles. The number of aromatic nitrogens is 2. The molecule has 0 atom stereocenters. The maximum Gasteiger partial charge on any atom is 0.328 e. The van der Waals surface area contributed by atoms with Crippen molar-refractivity contribution in [3.63, 3.8) is 0 Å². The van der Waals surface area contributed by atoms with Gasteiger partial charge in [0, 0.05) is 33.1 Å². The number of carbonyl (C=O) groups excluding carboxylic acids is 2. The first-order chi connectivity index (χ1) is 11.4. The summed E-state index contributed by atoms with van der Waals surface area (Å²) in [6, 6.07) is 5.65. The molecule has 1 fully saturated rings. The number of likely N-dealkylation sites (tertiary alicyclic amines) is 1. The van der Waals surface area contributed by atoms with Crippen LogP contribution in [-0.4, -0.2) is 38.9 Å². The number of nitrogens with zero attached hydrogens (tertiary/aromatic N) is 3. The summed E-state index contributed by atoms with van der Waals surface area (Å²) in [5.74, 6) is -0.361. The Balaban J connectivity index is 1.73. The molecule has 3 rings (SSSR count). The molecule has 0 unspecified atom stereocenters. The molecule has 2 amide bonds. The van der Waals surface area contributed by atoms with E-state index in [0.717, 1.165) is 16.6 Å². The van der Waals surface area contributed by atoms with Gasteiger partial charge < -0.3 is 10.6 Å². The molecule has 0 bridgehead atoms. The van der Waals surface area contributed by atoms with Crippen LogP contribution >= 0.6 is 0 Å². The molecule has 0 saturated carbocycles. The number of carbonyl (C=O) groups is 2. The van der Waals surface area contributed by atoms with E-state index in [1.165, 1.54) is 0 Å². The van der Waals surface area contributed by atoms with Gasteiger partial charge in [-0.25, -0.2) is 4.79 Å². The predicted octanol–water partition coefficient (Wildman–Crippen LogP) is 0.143. The highest BCUT2D eigenvalue weighted by molar-refractivity contribution is 5.83. The third-order valence-electron chi connectivity index (χ3n) is 4.94. The molecule has 1 aliphatic rings. The largest absolute Gasteiger partial charge is 0.369 e. The Bertz CT molecular complexity index is 857. The summed E-state index contributed by atoms with van der Waals surface area (Å²) in [7, 11) is 3.46. The maximum atomic E-state index is 12.5. The fourth-order valence-corrected chi connectivity index (χ4v) is 3.36. The SMILES string of the molecule is Cn1c(=O)n(C)c2cc(CC(=O)N3CCC(C(N)=O)CC3)ccc21. The number of imidazole rings is 1. The summed E-state index contributed by atoms with van der Waals surface area (Å²) in [5.41, 5.74) is 7.79. The van der Waals surface area contributed by atoms with Gasteiger partial charge in [-0.2, -0.15) is 0 Å². The lowest BCUT2D eigenvalue weighted by Gasteiger charge is -2.30. The van der Waals surface area contributed by atoms with E-state index in [4.69, 9.17) is 5.73 Å². The van der Waals surface area contributed by atoms with E-state index in [9.17, 15) is 14.4 Å². The maximum absolute atomic E-state index is 12.5. The Morgan fingerprint density at radius 2 is 1.75 bits per heavy atom. The summed E-state index contributed by atoms with van der Waals surface area (Å²) in [6.45, 7) is 1.14. The average molecular weight is 330 g/mol. The topological polar surface area (TPSA) is 90.3 Å². The highest BCUT2D eigenvalue weighted by atomic mass is 16.2. The first-order valence-electron chi connectivity index (χ1n) is 8.10. The second-order valence-corrected chi connectivity index (χ2v) is 6.46. The molecule has 0 radical (unpaired) electrons. The molecule has 2 heterocycles. The van der Waals surface area contributed by atoms with Crippen molar-refractivity contribution in [1.82, 2.24) is 14.0 Å². The average Bonchev–Trinajstić information content (AvgIpc) is 2.79. The normalized spacial score (nSPS) is 15.8. The number of amides is 2. The van der Waals surface area contributed by atoms with Crippen molar-refractivity contribution < 1.29 is 9.59 Å². The number of hydrogen-bond acceptors (Lipinski definition) is 3. The zero-order chi connectivity index (χ0) is 17.4. The van der Waals surface area contributed by atoms with Gasteiger partial charge >= 0.3 is 5.69 Å². The van der Waals surface area contributed by atoms with Crippen LogP contribution in [0.3, 0.4) is 0 Å². The first-order valence-corrected chi connectivity index (χ1v) is 8.10. The summed E-state index contributed by atoms with van der Waals surface area (Å²) < 4.78 is 3.18. The molecule has 2 N–H and O–H groups in total. The summed E-state index contributed by atoms with van der Waals surface area (Å²) in [4.78, 5) is 37.4. The third kappa shape index (κ3) is 2.81. The number of aryl methyl sites for hydroxylation is 2. The van der Waals surface area contributed by atoms with Crippen molar-refractivity contribution in [2.24, 2.45) is 25.7 Å². The molecular formula is C17H22N4O3. The first kappa shape index (κ1) is 16.3. The van der Waals surface area contributed by atoms with Crippen molar-refractivity contribution in [3.05, 3.63) is 34.2 Å². The van der Waals surface area contributed by atoms with Crippen molar-refractivity contribution >= 4 is 22.8 Å². The minimum Gasteiger partial charge on any atom is -0.369 e. The second kappa shape index (κ2) is 6.14. The van der Waals surface area contributed by atoms with Crippen LogP contribution in [0.4, 0.5) is 0 Å². The van der Waals surface area contributed by atoms with Crippen molar-refractivity contribution in [1.29, 1.82) is 0 Å². The van der Waals surface area contributed by atoms with Gasteiger partial charge in [0.05, 0.1) is 17.5 Å². The standard InChI is InChI=1S/C17H22N4O3/c1-19-13-4-3-11(9-14(13)20(2)17(19)24)10-15(22)21-7-5-12(6-8-21)16(18)23/h3-4,9,12H,5-8,10H2,1-2H3,(H2,18,23). The molecule has 1 aromatic carbocycles. The van der Waals surface area contributed by atoms with Crippen LogP contribution in [0.25, 0.3) is 11.0 Å². The molecule has 128 valence electrons. The minimum absolute atomic E-state index is 0.0400. The Morgan fingerprint density at radius 3 is 2.38 bits per heavy atom. The van der Waals surface area contributed by atoms with Gasteiger partial charge in [0.15, 0.2) is 0 Å². The number of primary amides is 1. The number of piperidine rings is 1. The van der Waals surface area contributed by atoms with Gasteiger partial charge in [-0.15, -0.1) is 0 Å². The lowest BCUT2D eigenvalue weighted by Crippen LogP contribution is -2.42. The van der Waals surface area contributed by atoms with Crippen LogP contribution in [0.1, 0.15) is 18.4 Å². The molecular weight excluding hydrogens is 308 g/mol. The number of nitrogens with two attached hydrogens (primary N) is 1. The fourth-order valence-electron chi connectivity index (χ4n) is 3.36. The zero-order valence-corrected chi connectivity index (χ0v) is 14.0. The monoisotopic (exact) mass is 330 g/mol. The lowest BCUT2D eigenvalue weighted by molar-refractivity contribution is -0.134. The van der Waals surface area contributed by atoms with E-state index in [0.29, 0.717) is 32.4 Å². The van der Waals surface area contributed by atoms with Crippen LogP contribution in [0, 0.1) is 5.92 Å². The molecule has 2 aromatic rings. The molecule has 7 nitrogen and oxygen atoms in total. The number of benzene rings is 1. The fraction of sp³-hybridized carbons (Fsp3) is 0.471. The van der Waals surface area contributed by atoms with E-state index in [-0.39, 0.29) is 23.4 Å². The van der Waals surface area contributed by atoms with Gasteiger partial charge in [0.1, 0.15) is 0 Å². The quantitative estimate of drug-likeness (QED) is 0.868. The van der Waals surface area contributed by atoms with Gasteiger partial charge in [0.2, 0.25) is 11.8 Å². The van der Waals surface area contributed by atoms with Crippen LogP contribution < -0.4 is 11.4 Å². The number of fused-ring (bicyclic) bond motifs is 1. The van der Waals surface area contributed by atoms with Gasteiger partial charge in [-0.3, -0.25) is 18.7 Å². The van der Waals surface area contributed by atoms with Crippen LogP contribution in [0.15, 0.2) is 23.0 Å². The highest BCUT2D eigenvalue weighted by Crippen LogP contribution is 2.19. The van der Waals surface area contributed by atoms with Gasteiger partial charge in [-0.1, -0.05) is 6.07 Å². The minimum atomic E-state index is -0.280. The smallest absolute Gasteiger partial charge is 0.328 e. The Hall–Kier alpha value is -2.57. The predicted molar refractivity (Wildman–Crippen MR) is 90.4 cm³/mol. The molecule has 1 aromatic heterocycles. The van der Waals surface area contributed by atoms with Crippen LogP contribution in [-0.2, 0) is 30.1 Å². The van der Waals surface area contributed by atoms with E-state index >= 15 is 0 Å². The zero-order valence-electron chi connectivity index (χ0n) is 14.0. The number of hydrogen-bond donors (Lipinski definition) is 1. The summed E-state index contributed by atoms with van der Waals surface area (Å²) in [5, 5.41) is 0. The number of rotatable bonds is 3. The summed E-state index contributed by atoms with van der Waals surface area (Å²) >= 11 is 0. The van der Waals surface area contributed by atoms with Crippen molar-refractivity contribution in [3.8, 4) is 0 Å². The van der Waals surface area contributed by atoms with Gasteiger partial charge in [-0.05, 0) is 30.5 Å². The molecule has 1 saturated heterocycles. The molecule has 1 aliphatic heterocycles. The van der Waals surface area contributed by atoms with E-state index in [1.54, 1.807) is 28.1 Å². The Kier molecular flexibility index (Phi) is 4.17. The summed E-state index contributed by atoms with van der Waals surface area (Å²) in [6.07, 6.45) is 1.56. The van der Waals surface area contributed by atoms with Crippen molar-refractivity contribution in [2.75, 3.05) is 13.1 Å². The van der Waals surface area contributed by atoms with Gasteiger partial charge in [0.25, 0.3) is 0 Å². The Labute approximate surface area is 139 Å². The van der Waals surface area contributed by atoms with E-state index < -0.39 is 0 Å². The lowest BCUT2D eigenvalue weighted by atomic mass is 9.96. The van der Waals surface area contributed by atoms with Crippen LogP contribution in [0.5, 0.6) is 0 Å². The molecule has 7 heteroatoms. The van der Waals surface area contributed by atoms with E-state index in [1.807, 2.05) is 18.2 Å². The third-order valence-corrected chi connectivity index (χ3v) is 4.94.